The van der Waals surface area contributed by atoms with Crippen LogP contribution >= 0.6 is 11.8 Å². The van der Waals surface area contributed by atoms with Crippen LogP contribution in [0.1, 0.15) is 32.6 Å². The first kappa shape index (κ1) is 16.3. The number of primary amides is 1. The highest BCUT2D eigenvalue weighted by Gasteiger charge is 2.36. The van der Waals surface area contributed by atoms with Gasteiger partial charge < -0.3 is 16.0 Å². The van der Waals surface area contributed by atoms with E-state index in [1.54, 1.807) is 30.8 Å². The predicted molar refractivity (Wildman–Crippen MR) is 79.0 cm³/mol. The number of nitrogens with one attached hydrogen (secondary N) is 1. The van der Waals surface area contributed by atoms with Gasteiger partial charge in [-0.3, -0.25) is 9.59 Å². The molecular weight excluding hydrogens is 262 g/mol. The second-order valence-corrected chi connectivity index (χ2v) is 6.66. The van der Waals surface area contributed by atoms with Crippen molar-refractivity contribution >= 4 is 23.6 Å². The van der Waals surface area contributed by atoms with Crippen LogP contribution in [-0.4, -0.2) is 53.9 Å². The number of amides is 2. The first-order valence-corrected chi connectivity index (χ1v) is 7.86. The summed E-state index contributed by atoms with van der Waals surface area (Å²) in [5, 5.41) is 3.33. The van der Waals surface area contributed by atoms with E-state index in [1.165, 1.54) is 0 Å². The van der Waals surface area contributed by atoms with E-state index in [4.69, 9.17) is 5.73 Å². The lowest BCUT2D eigenvalue weighted by Gasteiger charge is -2.27. The van der Waals surface area contributed by atoms with Crippen LogP contribution in [0.15, 0.2) is 0 Å². The van der Waals surface area contributed by atoms with Gasteiger partial charge in [0.25, 0.3) is 0 Å². The van der Waals surface area contributed by atoms with E-state index < -0.39 is 5.54 Å². The minimum Gasteiger partial charge on any atom is -0.368 e. The monoisotopic (exact) mass is 287 g/mol. The maximum Gasteiger partial charge on any atom is 0.237 e. The number of hydrogen-bond acceptors (Lipinski definition) is 4. The van der Waals surface area contributed by atoms with E-state index in [1.807, 2.05) is 6.92 Å². The van der Waals surface area contributed by atoms with Gasteiger partial charge >= 0.3 is 0 Å². The molecule has 5 nitrogen and oxygen atoms in total. The van der Waals surface area contributed by atoms with Gasteiger partial charge in [-0.25, -0.2) is 0 Å². The highest BCUT2D eigenvalue weighted by Crippen LogP contribution is 2.25. The van der Waals surface area contributed by atoms with Crippen molar-refractivity contribution in [3.05, 3.63) is 0 Å². The van der Waals surface area contributed by atoms with E-state index in [0.29, 0.717) is 11.8 Å². The van der Waals surface area contributed by atoms with Gasteiger partial charge in [-0.2, -0.15) is 11.8 Å². The van der Waals surface area contributed by atoms with Crippen LogP contribution in [0, 0.1) is 0 Å². The van der Waals surface area contributed by atoms with E-state index >= 15 is 0 Å². The van der Waals surface area contributed by atoms with Gasteiger partial charge in [0.05, 0.1) is 11.3 Å². The van der Waals surface area contributed by atoms with Crippen molar-refractivity contribution in [1.82, 2.24) is 10.2 Å². The van der Waals surface area contributed by atoms with Crippen molar-refractivity contribution in [3.8, 4) is 0 Å². The molecule has 0 aromatic rings. The number of hydrogen-bond donors (Lipinski definition) is 2. The third-order valence-electron chi connectivity index (χ3n) is 3.33. The van der Waals surface area contributed by atoms with Gasteiger partial charge in [0.1, 0.15) is 0 Å². The average Bonchev–Trinajstić information content (AvgIpc) is 3.11. The molecule has 19 heavy (non-hydrogen) atoms. The maximum atomic E-state index is 11.5. The van der Waals surface area contributed by atoms with E-state index in [2.05, 4.69) is 5.32 Å². The van der Waals surface area contributed by atoms with Gasteiger partial charge in [-0.15, -0.1) is 0 Å². The summed E-state index contributed by atoms with van der Waals surface area (Å²) in [7, 11) is 3.51. The SMILES string of the molecule is CN(C)C(=O)CSCCCC(C)(NC1CC1)C(N)=O. The summed E-state index contributed by atoms with van der Waals surface area (Å²) in [6, 6.07) is 0.459. The Morgan fingerprint density at radius 2 is 2.05 bits per heavy atom. The highest BCUT2D eigenvalue weighted by atomic mass is 32.2. The number of carbonyl (C=O) groups excluding carboxylic acids is 2. The molecule has 1 rings (SSSR count). The van der Waals surface area contributed by atoms with Gasteiger partial charge in [0.15, 0.2) is 0 Å². The molecule has 0 heterocycles. The van der Waals surface area contributed by atoms with Gasteiger partial charge in [-0.1, -0.05) is 0 Å². The van der Waals surface area contributed by atoms with Crippen LogP contribution in [0.3, 0.4) is 0 Å². The third kappa shape index (κ3) is 5.82. The molecule has 0 aliphatic heterocycles. The molecule has 1 unspecified atom stereocenters. The molecular formula is C13H25N3O2S. The van der Waals surface area contributed by atoms with Crippen molar-refractivity contribution in [2.24, 2.45) is 5.73 Å². The molecule has 1 aliphatic rings. The van der Waals surface area contributed by atoms with Crippen LogP contribution in [0.4, 0.5) is 0 Å². The Bertz CT molecular complexity index is 332. The summed E-state index contributed by atoms with van der Waals surface area (Å²) in [5.74, 6) is 1.21. The molecule has 0 aromatic heterocycles. The Morgan fingerprint density at radius 1 is 1.42 bits per heavy atom. The average molecular weight is 287 g/mol. The Balaban J connectivity index is 2.21. The zero-order valence-corrected chi connectivity index (χ0v) is 12.9. The summed E-state index contributed by atoms with van der Waals surface area (Å²) >= 11 is 1.61. The van der Waals surface area contributed by atoms with Crippen LogP contribution in [0.25, 0.3) is 0 Å². The van der Waals surface area contributed by atoms with Gasteiger partial charge in [0, 0.05) is 20.1 Å². The van der Waals surface area contributed by atoms with Crippen LogP contribution in [0.2, 0.25) is 0 Å². The fourth-order valence-electron chi connectivity index (χ4n) is 1.76. The largest absolute Gasteiger partial charge is 0.368 e. The summed E-state index contributed by atoms with van der Waals surface area (Å²) in [5.41, 5.74) is 4.88. The molecule has 2 amide bonds. The first-order chi connectivity index (χ1) is 8.85. The quantitative estimate of drug-likeness (QED) is 0.608. The molecule has 1 aliphatic carbocycles. The van der Waals surface area contributed by atoms with Crippen LogP contribution in [0.5, 0.6) is 0 Å². The Hall–Kier alpha value is -0.750. The Morgan fingerprint density at radius 3 is 2.53 bits per heavy atom. The Labute approximate surface area is 119 Å². The Kier molecular flexibility index (Phi) is 6.13. The van der Waals surface area contributed by atoms with Gasteiger partial charge in [0.2, 0.25) is 11.8 Å². The molecule has 6 heteroatoms. The first-order valence-electron chi connectivity index (χ1n) is 6.70. The maximum absolute atomic E-state index is 11.5. The van der Waals surface area contributed by atoms with Crippen molar-refractivity contribution in [1.29, 1.82) is 0 Å². The summed E-state index contributed by atoms with van der Waals surface area (Å²) in [6.45, 7) is 1.88. The molecule has 1 saturated carbocycles. The molecule has 1 fully saturated rings. The molecule has 0 radical (unpaired) electrons. The van der Waals surface area contributed by atoms with E-state index in [-0.39, 0.29) is 11.8 Å². The number of nitrogens with two attached hydrogens (primary N) is 1. The second-order valence-electron chi connectivity index (χ2n) is 5.56. The fraction of sp³-hybridized carbons (Fsp3) is 0.846. The summed E-state index contributed by atoms with van der Waals surface area (Å²) in [4.78, 5) is 24.5. The molecule has 1 atom stereocenters. The van der Waals surface area contributed by atoms with Crippen molar-refractivity contribution in [3.63, 3.8) is 0 Å². The lowest BCUT2D eigenvalue weighted by molar-refractivity contribution is -0.126. The minimum atomic E-state index is -0.604. The molecule has 0 spiro atoms. The number of thioether (sulfide) groups is 1. The summed E-state index contributed by atoms with van der Waals surface area (Å²) < 4.78 is 0. The minimum absolute atomic E-state index is 0.124. The molecule has 110 valence electrons. The van der Waals surface area contributed by atoms with Gasteiger partial charge in [-0.05, 0) is 38.4 Å². The van der Waals surface area contributed by atoms with E-state index in [9.17, 15) is 9.59 Å². The molecule has 0 aromatic carbocycles. The van der Waals surface area contributed by atoms with Crippen LogP contribution < -0.4 is 11.1 Å². The fourth-order valence-corrected chi connectivity index (χ4v) is 2.69. The van der Waals surface area contributed by atoms with Crippen molar-refractivity contribution < 1.29 is 9.59 Å². The normalized spacial score (nSPS) is 17.8. The number of carbonyl (C=O) groups is 2. The zero-order chi connectivity index (χ0) is 14.5. The predicted octanol–water partition coefficient (Wildman–Crippen LogP) is 0.584. The molecule has 0 saturated heterocycles. The highest BCUT2D eigenvalue weighted by molar-refractivity contribution is 7.99. The molecule has 3 N–H and O–H groups in total. The topological polar surface area (TPSA) is 75.4 Å². The smallest absolute Gasteiger partial charge is 0.237 e. The van der Waals surface area contributed by atoms with E-state index in [0.717, 1.165) is 31.4 Å². The third-order valence-corrected chi connectivity index (χ3v) is 4.36. The number of nitrogens with zero attached hydrogens (tertiary/aromatic N) is 1. The van der Waals surface area contributed by atoms with Crippen LogP contribution in [-0.2, 0) is 9.59 Å². The lowest BCUT2D eigenvalue weighted by Crippen LogP contribution is -2.54. The van der Waals surface area contributed by atoms with Crippen molar-refractivity contribution in [2.45, 2.75) is 44.2 Å². The number of rotatable bonds is 9. The second kappa shape index (κ2) is 7.14. The lowest BCUT2D eigenvalue weighted by atomic mass is 9.95. The van der Waals surface area contributed by atoms with Crippen molar-refractivity contribution in [2.75, 3.05) is 25.6 Å². The molecule has 0 bridgehead atoms. The standard InChI is InChI=1S/C13H25N3O2S/c1-13(12(14)18,15-10-5-6-10)7-4-8-19-9-11(17)16(2)3/h10,15H,4-9H2,1-3H3,(H2,14,18). The zero-order valence-electron chi connectivity index (χ0n) is 12.1. The summed E-state index contributed by atoms with van der Waals surface area (Å²) in [6.07, 6.45) is 3.87.